The number of hydrogen-bond acceptors (Lipinski definition) is 2. The van der Waals surface area contributed by atoms with E-state index < -0.39 is 0 Å². The van der Waals surface area contributed by atoms with Gasteiger partial charge in [0.1, 0.15) is 0 Å². The highest BCUT2D eigenvalue weighted by Gasteiger charge is 2.51. The second-order valence-electron chi connectivity index (χ2n) is 7.77. The molecule has 1 unspecified atom stereocenters. The van der Waals surface area contributed by atoms with Crippen molar-refractivity contribution in [1.82, 2.24) is 5.32 Å². The fourth-order valence-electron chi connectivity index (χ4n) is 5.30. The van der Waals surface area contributed by atoms with Crippen LogP contribution < -0.4 is 11.1 Å². The Hall–Kier alpha value is -0.570. The third-order valence-corrected chi connectivity index (χ3v) is 5.82. The predicted octanol–water partition coefficient (Wildman–Crippen LogP) is 2.30. The zero-order valence-corrected chi connectivity index (χ0v) is 12.3. The maximum atomic E-state index is 12.5. The van der Waals surface area contributed by atoms with E-state index in [1.807, 2.05) is 0 Å². The summed E-state index contributed by atoms with van der Waals surface area (Å²) in [6.07, 6.45) is 7.92. The van der Waals surface area contributed by atoms with E-state index in [9.17, 15) is 4.79 Å². The van der Waals surface area contributed by atoms with Crippen molar-refractivity contribution in [2.75, 3.05) is 6.54 Å². The van der Waals surface area contributed by atoms with Crippen molar-refractivity contribution < 1.29 is 4.79 Å². The van der Waals surface area contributed by atoms with E-state index >= 15 is 0 Å². The largest absolute Gasteiger partial charge is 0.350 e. The lowest BCUT2D eigenvalue weighted by Crippen LogP contribution is -2.61. The van der Waals surface area contributed by atoms with Crippen molar-refractivity contribution in [2.45, 2.75) is 57.9 Å². The Morgan fingerprint density at radius 1 is 1.16 bits per heavy atom. The molecule has 4 rings (SSSR count). The quantitative estimate of drug-likeness (QED) is 0.818. The molecular weight excluding hydrogens is 236 g/mol. The molecule has 3 N–H and O–H groups in total. The zero-order valence-electron chi connectivity index (χ0n) is 12.3. The van der Waals surface area contributed by atoms with Crippen molar-refractivity contribution in [3.63, 3.8) is 0 Å². The molecule has 0 radical (unpaired) electrons. The summed E-state index contributed by atoms with van der Waals surface area (Å²) in [5, 5.41) is 3.44. The van der Waals surface area contributed by atoms with Crippen LogP contribution in [-0.2, 0) is 4.79 Å². The SMILES string of the molecule is CC(C)C(CN)C(=O)NC12CC3CC(CC(C3)C1)C2. The molecule has 0 spiro atoms. The second kappa shape index (κ2) is 4.76. The first kappa shape index (κ1) is 13.4. The van der Waals surface area contributed by atoms with Crippen LogP contribution in [0.5, 0.6) is 0 Å². The summed E-state index contributed by atoms with van der Waals surface area (Å²) < 4.78 is 0. The van der Waals surface area contributed by atoms with Gasteiger partial charge in [-0.15, -0.1) is 0 Å². The maximum absolute atomic E-state index is 12.5. The molecule has 0 heterocycles. The summed E-state index contributed by atoms with van der Waals surface area (Å²) in [6, 6.07) is 0. The van der Waals surface area contributed by atoms with Gasteiger partial charge < -0.3 is 11.1 Å². The molecule has 19 heavy (non-hydrogen) atoms. The summed E-state index contributed by atoms with van der Waals surface area (Å²) in [6.45, 7) is 4.66. The van der Waals surface area contributed by atoms with Crippen molar-refractivity contribution in [3.05, 3.63) is 0 Å². The Morgan fingerprint density at radius 2 is 1.63 bits per heavy atom. The average Bonchev–Trinajstić information content (AvgIpc) is 2.25. The number of nitrogens with one attached hydrogen (secondary N) is 1. The maximum Gasteiger partial charge on any atom is 0.225 e. The number of carbonyl (C=O) groups is 1. The molecule has 4 saturated carbocycles. The first-order chi connectivity index (χ1) is 9.01. The topological polar surface area (TPSA) is 55.1 Å². The van der Waals surface area contributed by atoms with Crippen LogP contribution in [0.3, 0.4) is 0 Å². The van der Waals surface area contributed by atoms with Gasteiger partial charge in [0.15, 0.2) is 0 Å². The Balaban J connectivity index is 1.70. The first-order valence-electron chi connectivity index (χ1n) is 8.03. The number of carbonyl (C=O) groups excluding carboxylic acids is 1. The Kier molecular flexibility index (Phi) is 3.36. The van der Waals surface area contributed by atoms with Crippen LogP contribution in [-0.4, -0.2) is 18.0 Å². The summed E-state index contributed by atoms with van der Waals surface area (Å²) in [5.41, 5.74) is 5.91. The minimum absolute atomic E-state index is 0.0204. The molecule has 4 bridgehead atoms. The van der Waals surface area contributed by atoms with Gasteiger partial charge >= 0.3 is 0 Å². The molecule has 1 amide bonds. The van der Waals surface area contributed by atoms with E-state index in [1.54, 1.807) is 0 Å². The van der Waals surface area contributed by atoms with Crippen molar-refractivity contribution in [1.29, 1.82) is 0 Å². The molecule has 4 aliphatic rings. The molecule has 0 aromatic heterocycles. The molecule has 4 aliphatic carbocycles. The Morgan fingerprint density at radius 3 is 2.00 bits per heavy atom. The van der Waals surface area contributed by atoms with Gasteiger partial charge in [0, 0.05) is 12.1 Å². The lowest BCUT2D eigenvalue weighted by atomic mass is 9.53. The van der Waals surface area contributed by atoms with E-state index in [0.717, 1.165) is 17.8 Å². The van der Waals surface area contributed by atoms with Gasteiger partial charge in [-0.05, 0) is 62.2 Å². The molecular formula is C16H28N2O. The molecule has 108 valence electrons. The van der Waals surface area contributed by atoms with Crippen LogP contribution in [0.1, 0.15) is 52.4 Å². The Labute approximate surface area is 116 Å². The zero-order chi connectivity index (χ0) is 13.6. The standard InChI is InChI=1S/C16H28N2O/c1-10(2)14(9-17)15(19)18-16-6-11-3-12(7-16)5-13(4-11)8-16/h10-14H,3-9,17H2,1-2H3,(H,18,19). The van der Waals surface area contributed by atoms with Crippen LogP contribution in [0.15, 0.2) is 0 Å². The highest BCUT2D eigenvalue weighted by molar-refractivity contribution is 5.80. The average molecular weight is 264 g/mol. The van der Waals surface area contributed by atoms with E-state index in [0.29, 0.717) is 12.5 Å². The summed E-state index contributed by atoms with van der Waals surface area (Å²) in [7, 11) is 0. The smallest absolute Gasteiger partial charge is 0.225 e. The number of rotatable bonds is 4. The fraction of sp³-hybridized carbons (Fsp3) is 0.938. The van der Waals surface area contributed by atoms with Crippen molar-refractivity contribution >= 4 is 5.91 Å². The van der Waals surface area contributed by atoms with Gasteiger partial charge in [0.25, 0.3) is 0 Å². The van der Waals surface area contributed by atoms with Gasteiger partial charge in [-0.1, -0.05) is 13.8 Å². The predicted molar refractivity (Wildman–Crippen MR) is 76.4 cm³/mol. The molecule has 0 aliphatic heterocycles. The number of hydrogen-bond donors (Lipinski definition) is 2. The summed E-state index contributed by atoms with van der Waals surface area (Å²) in [5.74, 6) is 3.15. The first-order valence-corrected chi connectivity index (χ1v) is 8.03. The van der Waals surface area contributed by atoms with E-state index in [-0.39, 0.29) is 17.4 Å². The summed E-state index contributed by atoms with van der Waals surface area (Å²) in [4.78, 5) is 12.5. The second-order valence-corrected chi connectivity index (χ2v) is 7.77. The van der Waals surface area contributed by atoms with Crippen LogP contribution in [0.4, 0.5) is 0 Å². The number of nitrogens with two attached hydrogens (primary N) is 1. The molecule has 0 aromatic carbocycles. The van der Waals surface area contributed by atoms with Crippen molar-refractivity contribution in [3.8, 4) is 0 Å². The number of amides is 1. The lowest BCUT2D eigenvalue weighted by Gasteiger charge is -2.57. The van der Waals surface area contributed by atoms with Crippen LogP contribution in [0, 0.1) is 29.6 Å². The van der Waals surface area contributed by atoms with Gasteiger partial charge in [0.05, 0.1) is 5.92 Å². The molecule has 3 heteroatoms. The monoisotopic (exact) mass is 264 g/mol. The summed E-state index contributed by atoms with van der Waals surface area (Å²) >= 11 is 0. The van der Waals surface area contributed by atoms with Gasteiger partial charge in [-0.2, -0.15) is 0 Å². The van der Waals surface area contributed by atoms with Crippen molar-refractivity contribution in [2.24, 2.45) is 35.3 Å². The Bertz CT molecular complexity index is 328. The van der Waals surface area contributed by atoms with Gasteiger partial charge in [0.2, 0.25) is 5.91 Å². The van der Waals surface area contributed by atoms with Gasteiger partial charge in [-0.3, -0.25) is 4.79 Å². The van der Waals surface area contributed by atoms with E-state index in [2.05, 4.69) is 19.2 Å². The highest BCUT2D eigenvalue weighted by Crippen LogP contribution is 2.55. The molecule has 3 nitrogen and oxygen atoms in total. The minimum Gasteiger partial charge on any atom is -0.350 e. The lowest BCUT2D eigenvalue weighted by molar-refractivity contribution is -0.131. The fourth-order valence-corrected chi connectivity index (χ4v) is 5.30. The van der Waals surface area contributed by atoms with Crippen LogP contribution in [0.25, 0.3) is 0 Å². The molecule has 1 atom stereocenters. The highest BCUT2D eigenvalue weighted by atomic mass is 16.2. The third kappa shape index (κ3) is 2.42. The van der Waals surface area contributed by atoms with E-state index in [4.69, 9.17) is 5.73 Å². The van der Waals surface area contributed by atoms with E-state index in [1.165, 1.54) is 38.5 Å². The third-order valence-electron chi connectivity index (χ3n) is 5.82. The minimum atomic E-state index is -0.0204. The van der Waals surface area contributed by atoms with Gasteiger partial charge in [-0.25, -0.2) is 0 Å². The normalized spacial score (nSPS) is 41.6. The molecule has 4 fully saturated rings. The molecule has 0 aromatic rings. The molecule has 0 saturated heterocycles. The van der Waals surface area contributed by atoms with Crippen LogP contribution >= 0.6 is 0 Å². The van der Waals surface area contributed by atoms with Crippen LogP contribution in [0.2, 0.25) is 0 Å².